The third kappa shape index (κ3) is 12.2. The molecule has 0 fully saturated rings. The summed E-state index contributed by atoms with van der Waals surface area (Å²) in [6, 6.07) is 0. The SMILES string of the molecule is CCCCCCCCCCCCCCC/C=C/C1=NCCN1CCO. The molecule has 25 heavy (non-hydrogen) atoms. The fraction of sp³-hybridized carbons (Fsp3) is 0.864. The van der Waals surface area contributed by atoms with Gasteiger partial charge in [-0.05, 0) is 18.9 Å². The molecule has 0 bridgehead atoms. The molecule has 0 saturated carbocycles. The summed E-state index contributed by atoms with van der Waals surface area (Å²) in [4.78, 5) is 6.65. The van der Waals surface area contributed by atoms with Gasteiger partial charge in [-0.1, -0.05) is 90.0 Å². The maximum Gasteiger partial charge on any atom is 0.123 e. The van der Waals surface area contributed by atoms with Crippen molar-refractivity contribution in [2.24, 2.45) is 4.99 Å². The summed E-state index contributed by atoms with van der Waals surface area (Å²) in [7, 11) is 0. The molecule has 0 aromatic heterocycles. The lowest BCUT2D eigenvalue weighted by Crippen LogP contribution is -2.29. The zero-order chi connectivity index (χ0) is 18.0. The molecule has 0 spiro atoms. The number of amidine groups is 1. The molecule has 0 amide bonds. The van der Waals surface area contributed by atoms with E-state index in [-0.39, 0.29) is 6.61 Å². The number of aliphatic imine (C=N–C) groups is 1. The number of rotatable bonds is 17. The quantitative estimate of drug-likeness (QED) is 0.340. The first-order valence-electron chi connectivity index (χ1n) is 10.9. The van der Waals surface area contributed by atoms with Gasteiger partial charge in [0, 0.05) is 13.1 Å². The van der Waals surface area contributed by atoms with Gasteiger partial charge in [0.1, 0.15) is 5.84 Å². The Hall–Kier alpha value is -0.830. The van der Waals surface area contributed by atoms with Crippen molar-refractivity contribution >= 4 is 5.84 Å². The lowest BCUT2D eigenvalue weighted by atomic mass is 10.0. The van der Waals surface area contributed by atoms with Crippen molar-refractivity contribution in [3.63, 3.8) is 0 Å². The monoisotopic (exact) mass is 350 g/mol. The Balaban J connectivity index is 1.82. The van der Waals surface area contributed by atoms with Crippen LogP contribution in [0.5, 0.6) is 0 Å². The highest BCUT2D eigenvalue weighted by atomic mass is 16.3. The largest absolute Gasteiger partial charge is 0.395 e. The summed E-state index contributed by atoms with van der Waals surface area (Å²) >= 11 is 0. The molecular weight excluding hydrogens is 308 g/mol. The zero-order valence-electron chi connectivity index (χ0n) is 16.7. The predicted octanol–water partition coefficient (Wildman–Crippen LogP) is 5.73. The minimum atomic E-state index is 0.214. The molecule has 146 valence electrons. The molecule has 1 aliphatic rings. The summed E-state index contributed by atoms with van der Waals surface area (Å²) < 4.78 is 0. The van der Waals surface area contributed by atoms with Gasteiger partial charge in [0.05, 0.1) is 13.2 Å². The fourth-order valence-corrected chi connectivity index (χ4v) is 3.47. The highest BCUT2D eigenvalue weighted by molar-refractivity contribution is 5.94. The Kier molecular flexibility index (Phi) is 14.8. The minimum Gasteiger partial charge on any atom is -0.395 e. The van der Waals surface area contributed by atoms with Crippen LogP contribution < -0.4 is 0 Å². The molecule has 1 N–H and O–H groups in total. The smallest absolute Gasteiger partial charge is 0.123 e. The highest BCUT2D eigenvalue weighted by Gasteiger charge is 2.12. The van der Waals surface area contributed by atoms with Gasteiger partial charge in [0.25, 0.3) is 0 Å². The first-order chi connectivity index (χ1) is 12.4. The standard InChI is InChI=1S/C22H42N2O/c1-2-3-4-5-6-7-8-9-10-11-12-13-14-15-16-17-22-23-18-19-24(22)20-21-25/h16-17,25H,2-15,18-21H2,1H3/b17-16+. The second-order valence-electron chi connectivity index (χ2n) is 7.38. The molecule has 1 rings (SSSR count). The van der Waals surface area contributed by atoms with E-state index in [1.54, 1.807) is 0 Å². The summed E-state index contributed by atoms with van der Waals surface area (Å²) in [5.41, 5.74) is 0. The highest BCUT2D eigenvalue weighted by Crippen LogP contribution is 2.13. The average molecular weight is 351 g/mol. The Labute approximate surface area is 156 Å². The van der Waals surface area contributed by atoms with Crippen LogP contribution in [-0.4, -0.2) is 42.1 Å². The van der Waals surface area contributed by atoms with E-state index in [0.717, 1.165) is 25.3 Å². The molecule has 0 aromatic rings. The van der Waals surface area contributed by atoms with Gasteiger partial charge in [0.2, 0.25) is 0 Å². The normalized spacial score (nSPS) is 14.6. The van der Waals surface area contributed by atoms with Crippen molar-refractivity contribution in [1.82, 2.24) is 4.90 Å². The first-order valence-corrected chi connectivity index (χ1v) is 10.9. The Morgan fingerprint density at radius 3 is 2.00 bits per heavy atom. The summed E-state index contributed by atoms with van der Waals surface area (Å²) in [6.45, 7) is 5.04. The number of aliphatic hydroxyl groups is 1. The molecule has 0 saturated heterocycles. The molecule has 3 heteroatoms. The maximum atomic E-state index is 9.03. The molecule has 0 radical (unpaired) electrons. The molecular formula is C22H42N2O. The second kappa shape index (κ2) is 16.6. The van der Waals surface area contributed by atoms with Crippen molar-refractivity contribution in [3.05, 3.63) is 12.2 Å². The molecule has 0 aromatic carbocycles. The maximum absolute atomic E-state index is 9.03. The summed E-state index contributed by atoms with van der Waals surface area (Å²) in [5, 5.41) is 9.03. The van der Waals surface area contributed by atoms with E-state index in [1.165, 1.54) is 83.5 Å². The van der Waals surface area contributed by atoms with Gasteiger partial charge in [-0.2, -0.15) is 0 Å². The summed E-state index contributed by atoms with van der Waals surface area (Å²) in [5.74, 6) is 1.06. The van der Waals surface area contributed by atoms with Crippen molar-refractivity contribution in [3.8, 4) is 0 Å². The van der Waals surface area contributed by atoms with Gasteiger partial charge < -0.3 is 10.0 Å². The molecule has 3 nitrogen and oxygen atoms in total. The van der Waals surface area contributed by atoms with Crippen LogP contribution >= 0.6 is 0 Å². The number of nitrogens with zero attached hydrogens (tertiary/aromatic N) is 2. The third-order valence-electron chi connectivity index (χ3n) is 5.08. The number of aliphatic hydroxyl groups excluding tert-OH is 1. The lowest BCUT2D eigenvalue weighted by Gasteiger charge is -2.16. The molecule has 0 unspecified atom stereocenters. The molecule has 1 heterocycles. The zero-order valence-corrected chi connectivity index (χ0v) is 16.7. The van der Waals surface area contributed by atoms with E-state index in [4.69, 9.17) is 5.11 Å². The van der Waals surface area contributed by atoms with Crippen LogP contribution in [0.2, 0.25) is 0 Å². The number of β-amino-alcohol motifs (C(OH)–C–C–N with tert-alkyl or cyclic N) is 1. The van der Waals surface area contributed by atoms with Crippen LogP contribution in [-0.2, 0) is 0 Å². The van der Waals surface area contributed by atoms with E-state index in [1.807, 2.05) is 0 Å². The van der Waals surface area contributed by atoms with Crippen molar-refractivity contribution in [2.45, 2.75) is 96.8 Å². The Morgan fingerprint density at radius 1 is 0.880 bits per heavy atom. The van der Waals surface area contributed by atoms with Crippen LogP contribution in [0.4, 0.5) is 0 Å². The van der Waals surface area contributed by atoms with E-state index < -0.39 is 0 Å². The van der Waals surface area contributed by atoms with Crippen LogP contribution in [0.3, 0.4) is 0 Å². The van der Waals surface area contributed by atoms with Crippen LogP contribution in [0.1, 0.15) is 96.8 Å². The van der Waals surface area contributed by atoms with E-state index in [2.05, 4.69) is 29.0 Å². The molecule has 0 atom stereocenters. The molecule has 1 aliphatic heterocycles. The van der Waals surface area contributed by atoms with E-state index >= 15 is 0 Å². The van der Waals surface area contributed by atoms with Crippen molar-refractivity contribution < 1.29 is 5.11 Å². The predicted molar refractivity (Wildman–Crippen MR) is 110 cm³/mol. The number of hydrogen-bond donors (Lipinski definition) is 1. The van der Waals surface area contributed by atoms with Gasteiger partial charge in [-0.25, -0.2) is 0 Å². The Morgan fingerprint density at radius 2 is 1.44 bits per heavy atom. The minimum absolute atomic E-state index is 0.214. The Bertz CT molecular complexity index is 352. The summed E-state index contributed by atoms with van der Waals surface area (Å²) in [6.07, 6.45) is 23.9. The number of hydrogen-bond acceptors (Lipinski definition) is 3. The second-order valence-corrected chi connectivity index (χ2v) is 7.38. The van der Waals surface area contributed by atoms with Gasteiger partial charge in [-0.15, -0.1) is 0 Å². The third-order valence-corrected chi connectivity index (χ3v) is 5.08. The molecule has 0 aliphatic carbocycles. The lowest BCUT2D eigenvalue weighted by molar-refractivity contribution is 0.257. The van der Waals surface area contributed by atoms with Crippen molar-refractivity contribution in [1.29, 1.82) is 0 Å². The van der Waals surface area contributed by atoms with Gasteiger partial charge in [0.15, 0.2) is 0 Å². The van der Waals surface area contributed by atoms with Crippen LogP contribution in [0.25, 0.3) is 0 Å². The van der Waals surface area contributed by atoms with Crippen LogP contribution in [0, 0.1) is 0 Å². The van der Waals surface area contributed by atoms with Crippen molar-refractivity contribution in [2.75, 3.05) is 26.2 Å². The number of allylic oxidation sites excluding steroid dienone is 1. The van der Waals surface area contributed by atoms with Crippen LogP contribution in [0.15, 0.2) is 17.1 Å². The average Bonchev–Trinajstić information content (AvgIpc) is 3.06. The number of unbranched alkanes of at least 4 members (excludes halogenated alkanes) is 13. The topological polar surface area (TPSA) is 35.8 Å². The fourth-order valence-electron chi connectivity index (χ4n) is 3.47. The first kappa shape index (κ1) is 22.2. The van der Waals surface area contributed by atoms with Gasteiger partial charge >= 0.3 is 0 Å². The van der Waals surface area contributed by atoms with Gasteiger partial charge in [-0.3, -0.25) is 4.99 Å². The van der Waals surface area contributed by atoms with E-state index in [0.29, 0.717) is 6.54 Å². The van der Waals surface area contributed by atoms with E-state index in [9.17, 15) is 0 Å².